The highest BCUT2D eigenvalue weighted by atomic mass is 28.3. The van der Waals surface area contributed by atoms with Crippen molar-refractivity contribution >= 4 is 28.8 Å². The zero-order valence-electron chi connectivity index (χ0n) is 24.9. The highest BCUT2D eigenvalue weighted by molar-refractivity contribution is 7.19. The lowest BCUT2D eigenvalue weighted by Crippen LogP contribution is -2.74. The van der Waals surface area contributed by atoms with Crippen LogP contribution in [-0.2, 0) is 5.41 Å². The van der Waals surface area contributed by atoms with Crippen molar-refractivity contribution in [3.63, 3.8) is 0 Å². The van der Waals surface area contributed by atoms with Gasteiger partial charge in [-0.1, -0.05) is 165 Å². The van der Waals surface area contributed by atoms with Gasteiger partial charge >= 0.3 is 0 Å². The van der Waals surface area contributed by atoms with E-state index in [9.17, 15) is 0 Å². The number of aryl methyl sites for hydroxylation is 2. The van der Waals surface area contributed by atoms with Crippen molar-refractivity contribution in [1.82, 2.24) is 0 Å². The standard InChI is InChI=1S/C41H36Si/c1-29-15-21-35(22-16-29)42(33-11-7-5-8-12-33,34-13-9-6-10-14-34)36-23-18-31(19-24-36)32-20-26-38-37-25-17-30(2)27-39(37)41(3,4)40(38)28-32/h5-28H,1-4H3. The molecule has 0 saturated heterocycles. The Balaban J connectivity index is 1.38. The normalized spacial score (nSPS) is 13.4. The molecule has 6 aromatic rings. The minimum atomic E-state index is -2.53. The summed E-state index contributed by atoms with van der Waals surface area (Å²) in [5, 5.41) is 5.61. The first-order valence-electron chi connectivity index (χ1n) is 14.9. The van der Waals surface area contributed by atoms with E-state index in [4.69, 9.17) is 0 Å². The number of benzene rings is 6. The molecule has 0 saturated carbocycles. The average molecular weight is 557 g/mol. The Labute approximate surface area is 251 Å². The molecule has 1 aliphatic carbocycles. The molecule has 0 unspecified atom stereocenters. The van der Waals surface area contributed by atoms with E-state index < -0.39 is 8.07 Å². The smallest absolute Gasteiger partial charge is 0.0623 e. The van der Waals surface area contributed by atoms with E-state index in [1.165, 1.54) is 65.3 Å². The molecule has 0 bridgehead atoms. The third-order valence-electron chi connectivity index (χ3n) is 9.38. The van der Waals surface area contributed by atoms with Crippen LogP contribution in [0.1, 0.15) is 36.1 Å². The molecule has 0 radical (unpaired) electrons. The molecule has 6 aromatic carbocycles. The van der Waals surface area contributed by atoms with Gasteiger partial charge in [0.1, 0.15) is 0 Å². The minimum Gasteiger partial charge on any atom is -0.0623 e. The summed E-state index contributed by atoms with van der Waals surface area (Å²) in [6.07, 6.45) is 0. The molecule has 1 heteroatoms. The summed E-state index contributed by atoms with van der Waals surface area (Å²) in [6.45, 7) is 9.10. The van der Waals surface area contributed by atoms with E-state index in [1.54, 1.807) is 0 Å². The van der Waals surface area contributed by atoms with Gasteiger partial charge < -0.3 is 0 Å². The zero-order chi connectivity index (χ0) is 28.9. The van der Waals surface area contributed by atoms with Gasteiger partial charge in [0.2, 0.25) is 0 Å². The molecule has 7 rings (SSSR count). The van der Waals surface area contributed by atoms with Gasteiger partial charge in [0.05, 0.1) is 0 Å². The Morgan fingerprint density at radius 1 is 0.405 bits per heavy atom. The SMILES string of the molecule is Cc1ccc([Si](c2ccccc2)(c2ccccc2)c2ccc(-c3ccc4c(c3)C(C)(C)c3cc(C)ccc3-4)cc2)cc1. The van der Waals surface area contributed by atoms with Crippen LogP contribution in [0.4, 0.5) is 0 Å². The predicted octanol–water partition coefficient (Wildman–Crippen LogP) is 7.65. The van der Waals surface area contributed by atoms with Crippen molar-refractivity contribution in [3.05, 3.63) is 168 Å². The van der Waals surface area contributed by atoms with Crippen LogP contribution < -0.4 is 20.7 Å². The Kier molecular flexibility index (Phi) is 6.37. The van der Waals surface area contributed by atoms with Crippen molar-refractivity contribution in [2.45, 2.75) is 33.1 Å². The second-order valence-electron chi connectivity index (χ2n) is 12.4. The summed E-state index contributed by atoms with van der Waals surface area (Å²) in [7, 11) is -2.53. The van der Waals surface area contributed by atoms with Crippen LogP contribution in [0.3, 0.4) is 0 Å². The number of hydrogen-bond acceptors (Lipinski definition) is 0. The quantitative estimate of drug-likeness (QED) is 0.151. The molecule has 0 aromatic heterocycles. The molecule has 0 amide bonds. The van der Waals surface area contributed by atoms with Gasteiger partial charge in [0.25, 0.3) is 0 Å². The first-order valence-corrected chi connectivity index (χ1v) is 16.9. The summed E-state index contributed by atoms with van der Waals surface area (Å²) in [6, 6.07) is 55.0. The van der Waals surface area contributed by atoms with Crippen LogP contribution in [0, 0.1) is 13.8 Å². The second kappa shape index (κ2) is 10.1. The van der Waals surface area contributed by atoms with Gasteiger partial charge in [-0.25, -0.2) is 0 Å². The highest BCUT2D eigenvalue weighted by Crippen LogP contribution is 2.49. The topological polar surface area (TPSA) is 0 Å². The zero-order valence-corrected chi connectivity index (χ0v) is 25.9. The van der Waals surface area contributed by atoms with Crippen molar-refractivity contribution in [1.29, 1.82) is 0 Å². The molecule has 0 fully saturated rings. The van der Waals surface area contributed by atoms with Crippen LogP contribution in [-0.4, -0.2) is 8.07 Å². The first kappa shape index (κ1) is 26.4. The van der Waals surface area contributed by atoms with Crippen LogP contribution in [0.2, 0.25) is 0 Å². The first-order chi connectivity index (χ1) is 20.4. The van der Waals surface area contributed by atoms with Crippen molar-refractivity contribution in [3.8, 4) is 22.3 Å². The monoisotopic (exact) mass is 556 g/mol. The maximum Gasteiger partial charge on any atom is 0.179 e. The molecule has 42 heavy (non-hydrogen) atoms. The molecule has 0 nitrogen and oxygen atoms in total. The molecule has 0 N–H and O–H groups in total. The maximum absolute atomic E-state index is 2.53. The van der Waals surface area contributed by atoms with E-state index in [0.717, 1.165) is 0 Å². The van der Waals surface area contributed by atoms with Crippen LogP contribution in [0.15, 0.2) is 146 Å². The van der Waals surface area contributed by atoms with Crippen molar-refractivity contribution < 1.29 is 0 Å². The number of fused-ring (bicyclic) bond motifs is 3. The summed E-state index contributed by atoms with van der Waals surface area (Å²) in [5.74, 6) is 0. The Morgan fingerprint density at radius 3 is 1.40 bits per heavy atom. The summed E-state index contributed by atoms with van der Waals surface area (Å²) >= 11 is 0. The molecular formula is C41H36Si. The van der Waals surface area contributed by atoms with Gasteiger partial charge in [0, 0.05) is 5.41 Å². The average Bonchev–Trinajstić information content (AvgIpc) is 3.25. The lowest BCUT2D eigenvalue weighted by atomic mass is 9.81. The van der Waals surface area contributed by atoms with E-state index in [0.29, 0.717) is 0 Å². The summed E-state index contributed by atoms with van der Waals surface area (Å²) in [5.41, 5.74) is 10.7. The van der Waals surface area contributed by atoms with Crippen molar-refractivity contribution in [2.24, 2.45) is 0 Å². The van der Waals surface area contributed by atoms with Crippen LogP contribution in [0.5, 0.6) is 0 Å². The molecule has 0 aliphatic heterocycles. The number of rotatable bonds is 5. The third kappa shape index (κ3) is 4.11. The van der Waals surface area contributed by atoms with Crippen LogP contribution in [0.25, 0.3) is 22.3 Å². The Morgan fingerprint density at radius 2 is 0.833 bits per heavy atom. The van der Waals surface area contributed by atoms with Crippen molar-refractivity contribution in [2.75, 3.05) is 0 Å². The fourth-order valence-corrected chi connectivity index (χ4v) is 11.8. The lowest BCUT2D eigenvalue weighted by Gasteiger charge is -2.34. The molecule has 0 spiro atoms. The molecule has 204 valence electrons. The highest BCUT2D eigenvalue weighted by Gasteiger charge is 2.41. The fraction of sp³-hybridized carbons (Fsp3) is 0.122. The summed E-state index contributed by atoms with van der Waals surface area (Å²) in [4.78, 5) is 0. The predicted molar refractivity (Wildman–Crippen MR) is 183 cm³/mol. The van der Waals surface area contributed by atoms with E-state index >= 15 is 0 Å². The Hall–Kier alpha value is -4.46. The summed E-state index contributed by atoms with van der Waals surface area (Å²) < 4.78 is 0. The largest absolute Gasteiger partial charge is 0.179 e. The third-order valence-corrected chi connectivity index (χ3v) is 14.2. The maximum atomic E-state index is 2.43. The van der Waals surface area contributed by atoms with E-state index in [1.807, 2.05) is 0 Å². The minimum absolute atomic E-state index is 0.0131. The van der Waals surface area contributed by atoms with Gasteiger partial charge in [-0.05, 0) is 74.0 Å². The van der Waals surface area contributed by atoms with Gasteiger partial charge in [0.15, 0.2) is 8.07 Å². The number of hydrogen-bond donors (Lipinski definition) is 0. The van der Waals surface area contributed by atoms with Gasteiger partial charge in [-0.3, -0.25) is 0 Å². The van der Waals surface area contributed by atoms with Crippen LogP contribution >= 0.6 is 0 Å². The molecule has 0 heterocycles. The Bertz CT molecular complexity index is 1840. The molecular weight excluding hydrogens is 521 g/mol. The second-order valence-corrected chi connectivity index (χ2v) is 16.2. The lowest BCUT2D eigenvalue weighted by molar-refractivity contribution is 0.660. The fourth-order valence-electron chi connectivity index (χ4n) is 7.12. The van der Waals surface area contributed by atoms with Gasteiger partial charge in [-0.15, -0.1) is 0 Å². The molecule has 0 atom stereocenters. The molecule has 1 aliphatic rings. The van der Waals surface area contributed by atoms with E-state index in [2.05, 4.69) is 173 Å². The van der Waals surface area contributed by atoms with Gasteiger partial charge in [-0.2, -0.15) is 0 Å². The van der Waals surface area contributed by atoms with E-state index in [-0.39, 0.29) is 5.41 Å².